The molecule has 2 N–H and O–H groups in total. The smallest absolute Gasteiger partial charge is 0.239 e. The molecular weight excluding hydrogens is 296 g/mol. The van der Waals surface area contributed by atoms with Crippen molar-refractivity contribution >= 4 is 18.3 Å². The van der Waals surface area contributed by atoms with E-state index in [9.17, 15) is 4.79 Å². The normalized spacial score (nSPS) is 11.4. The largest absolute Gasteiger partial charge is 0.340 e. The molecule has 2 aromatic carbocycles. The van der Waals surface area contributed by atoms with Crippen molar-refractivity contribution in [3.05, 3.63) is 71.3 Å². The summed E-state index contributed by atoms with van der Waals surface area (Å²) in [5.74, 6) is -0.0274. The maximum Gasteiger partial charge on any atom is 0.239 e. The van der Waals surface area contributed by atoms with Gasteiger partial charge in [-0.05, 0) is 24.5 Å². The van der Waals surface area contributed by atoms with Crippen LogP contribution in [0.4, 0.5) is 0 Å². The van der Waals surface area contributed by atoms with Crippen LogP contribution in [-0.2, 0) is 17.8 Å². The Morgan fingerprint density at radius 2 is 1.73 bits per heavy atom. The first-order valence-electron chi connectivity index (χ1n) is 7.16. The van der Waals surface area contributed by atoms with Gasteiger partial charge in [-0.1, -0.05) is 60.2 Å². The lowest BCUT2D eigenvalue weighted by molar-refractivity contribution is -0.131. The Labute approximate surface area is 138 Å². The van der Waals surface area contributed by atoms with E-state index >= 15 is 0 Å². The van der Waals surface area contributed by atoms with Crippen molar-refractivity contribution in [2.45, 2.75) is 25.9 Å². The van der Waals surface area contributed by atoms with Crippen molar-refractivity contribution in [1.82, 2.24) is 4.90 Å². The molecule has 22 heavy (non-hydrogen) atoms. The average molecular weight is 319 g/mol. The van der Waals surface area contributed by atoms with Crippen molar-refractivity contribution in [1.29, 1.82) is 0 Å². The maximum atomic E-state index is 12.3. The molecule has 4 heteroatoms. The molecule has 0 spiro atoms. The van der Waals surface area contributed by atoms with Crippen LogP contribution in [0.25, 0.3) is 0 Å². The lowest BCUT2D eigenvalue weighted by Gasteiger charge is -2.21. The van der Waals surface area contributed by atoms with Crippen LogP contribution in [0.3, 0.4) is 0 Å². The van der Waals surface area contributed by atoms with Crippen LogP contribution in [0.15, 0.2) is 54.6 Å². The number of aryl methyl sites for hydroxylation is 1. The molecule has 1 atom stereocenters. The number of nitrogens with two attached hydrogens (primary N) is 1. The summed E-state index contributed by atoms with van der Waals surface area (Å²) in [6.45, 7) is 2.63. The minimum atomic E-state index is -0.498. The van der Waals surface area contributed by atoms with Gasteiger partial charge in [-0.25, -0.2) is 0 Å². The maximum absolute atomic E-state index is 12.3. The molecule has 0 unspecified atom stereocenters. The summed E-state index contributed by atoms with van der Waals surface area (Å²) >= 11 is 0. The van der Waals surface area contributed by atoms with Crippen LogP contribution in [0.2, 0.25) is 0 Å². The number of benzene rings is 2. The number of likely N-dealkylation sites (N-methyl/N-ethyl adjacent to an activating group) is 1. The molecule has 1 amide bonds. The molecule has 0 heterocycles. The molecule has 0 fully saturated rings. The van der Waals surface area contributed by atoms with Crippen LogP contribution >= 0.6 is 12.4 Å². The third-order valence-corrected chi connectivity index (χ3v) is 3.49. The van der Waals surface area contributed by atoms with Gasteiger partial charge in [0.15, 0.2) is 0 Å². The lowest BCUT2D eigenvalue weighted by atomic mass is 10.1. The zero-order valence-electron chi connectivity index (χ0n) is 13.0. The minimum absolute atomic E-state index is 0. The number of nitrogens with zero attached hydrogens (tertiary/aromatic N) is 1. The highest BCUT2D eigenvalue weighted by Gasteiger charge is 2.18. The van der Waals surface area contributed by atoms with Crippen LogP contribution in [0.1, 0.15) is 16.7 Å². The third-order valence-electron chi connectivity index (χ3n) is 3.49. The van der Waals surface area contributed by atoms with E-state index in [1.165, 1.54) is 5.56 Å². The van der Waals surface area contributed by atoms with E-state index in [0.717, 1.165) is 11.1 Å². The third kappa shape index (κ3) is 5.17. The zero-order chi connectivity index (χ0) is 15.2. The number of hydrogen-bond donors (Lipinski definition) is 1. The first-order valence-corrected chi connectivity index (χ1v) is 7.16. The number of amides is 1. The van der Waals surface area contributed by atoms with Gasteiger partial charge in [0.25, 0.3) is 0 Å². The Kier molecular flexibility index (Phi) is 7.09. The van der Waals surface area contributed by atoms with E-state index in [-0.39, 0.29) is 18.3 Å². The summed E-state index contributed by atoms with van der Waals surface area (Å²) in [6.07, 6.45) is 0.567. The van der Waals surface area contributed by atoms with Crippen LogP contribution in [0, 0.1) is 6.92 Å². The predicted octanol–water partition coefficient (Wildman–Crippen LogP) is 2.95. The van der Waals surface area contributed by atoms with E-state index in [1.54, 1.807) is 11.9 Å². The molecule has 0 bridgehead atoms. The summed E-state index contributed by atoms with van der Waals surface area (Å²) in [6, 6.07) is 17.5. The van der Waals surface area contributed by atoms with E-state index < -0.39 is 6.04 Å². The lowest BCUT2D eigenvalue weighted by Crippen LogP contribution is -2.42. The van der Waals surface area contributed by atoms with Crippen molar-refractivity contribution < 1.29 is 4.79 Å². The van der Waals surface area contributed by atoms with Gasteiger partial charge >= 0.3 is 0 Å². The molecule has 0 aliphatic carbocycles. The summed E-state index contributed by atoms with van der Waals surface area (Å²) < 4.78 is 0. The fourth-order valence-electron chi connectivity index (χ4n) is 2.40. The van der Waals surface area contributed by atoms with E-state index in [0.29, 0.717) is 13.0 Å². The summed E-state index contributed by atoms with van der Waals surface area (Å²) in [5, 5.41) is 0. The van der Waals surface area contributed by atoms with Crippen molar-refractivity contribution in [2.75, 3.05) is 7.05 Å². The Hall–Kier alpha value is -1.84. The monoisotopic (exact) mass is 318 g/mol. The van der Waals surface area contributed by atoms with Gasteiger partial charge in [0.05, 0.1) is 6.04 Å². The van der Waals surface area contributed by atoms with E-state index in [1.807, 2.05) is 55.5 Å². The molecule has 0 aliphatic rings. The highest BCUT2D eigenvalue weighted by atomic mass is 35.5. The van der Waals surface area contributed by atoms with Gasteiger partial charge in [0, 0.05) is 13.6 Å². The fraction of sp³-hybridized carbons (Fsp3) is 0.278. The van der Waals surface area contributed by atoms with Crippen molar-refractivity contribution in [3.8, 4) is 0 Å². The second-order valence-electron chi connectivity index (χ2n) is 5.48. The Morgan fingerprint density at radius 3 is 2.36 bits per heavy atom. The van der Waals surface area contributed by atoms with Gasteiger partial charge in [-0.15, -0.1) is 12.4 Å². The number of carbonyl (C=O) groups is 1. The number of rotatable bonds is 5. The number of halogens is 1. The second-order valence-corrected chi connectivity index (χ2v) is 5.48. The molecule has 0 radical (unpaired) electrons. The standard InChI is InChI=1S/C18H22N2O.ClH/c1-14-7-6-10-16(11-14)13-20(2)18(21)17(19)12-15-8-4-3-5-9-15;/h3-11,17H,12-13,19H2,1-2H3;1H/t17-;/m0./s1. The molecule has 0 saturated heterocycles. The molecule has 2 rings (SSSR count). The minimum Gasteiger partial charge on any atom is -0.340 e. The molecular formula is C18H23ClN2O. The fourth-order valence-corrected chi connectivity index (χ4v) is 2.40. The molecule has 2 aromatic rings. The van der Waals surface area contributed by atoms with Crippen LogP contribution in [-0.4, -0.2) is 23.9 Å². The Balaban J connectivity index is 0.00000242. The topological polar surface area (TPSA) is 46.3 Å². The summed E-state index contributed by atoms with van der Waals surface area (Å²) in [5.41, 5.74) is 9.45. The first kappa shape index (κ1) is 18.2. The number of carbonyl (C=O) groups excluding carboxylic acids is 1. The van der Waals surface area contributed by atoms with Crippen molar-refractivity contribution in [3.63, 3.8) is 0 Å². The Bertz CT molecular complexity index is 601. The van der Waals surface area contributed by atoms with Gasteiger partial charge < -0.3 is 10.6 Å². The second kappa shape index (κ2) is 8.57. The molecule has 0 aromatic heterocycles. The van der Waals surface area contributed by atoms with Gasteiger partial charge in [0.1, 0.15) is 0 Å². The molecule has 118 valence electrons. The van der Waals surface area contributed by atoms with E-state index in [4.69, 9.17) is 5.73 Å². The van der Waals surface area contributed by atoms with Gasteiger partial charge in [0.2, 0.25) is 5.91 Å². The van der Waals surface area contributed by atoms with E-state index in [2.05, 4.69) is 6.07 Å². The van der Waals surface area contributed by atoms with Gasteiger partial charge in [-0.2, -0.15) is 0 Å². The SMILES string of the molecule is Cc1cccc(CN(C)C(=O)[C@@H](N)Cc2ccccc2)c1.Cl. The predicted molar refractivity (Wildman–Crippen MR) is 93.0 cm³/mol. The Morgan fingerprint density at radius 1 is 1.09 bits per heavy atom. The summed E-state index contributed by atoms with van der Waals surface area (Å²) in [4.78, 5) is 14.0. The molecule has 0 saturated carbocycles. The van der Waals surface area contributed by atoms with Gasteiger partial charge in [-0.3, -0.25) is 4.79 Å². The molecule has 0 aliphatic heterocycles. The number of hydrogen-bond acceptors (Lipinski definition) is 2. The van der Waals surface area contributed by atoms with Crippen LogP contribution < -0.4 is 5.73 Å². The zero-order valence-corrected chi connectivity index (χ0v) is 13.8. The quantitative estimate of drug-likeness (QED) is 0.921. The molecule has 3 nitrogen and oxygen atoms in total. The van der Waals surface area contributed by atoms with Crippen molar-refractivity contribution in [2.24, 2.45) is 5.73 Å². The highest BCUT2D eigenvalue weighted by molar-refractivity contribution is 5.85. The van der Waals surface area contributed by atoms with Crippen LogP contribution in [0.5, 0.6) is 0 Å². The first-order chi connectivity index (χ1) is 10.1. The average Bonchev–Trinajstić information content (AvgIpc) is 2.47. The summed E-state index contributed by atoms with van der Waals surface area (Å²) in [7, 11) is 1.80. The highest BCUT2D eigenvalue weighted by Crippen LogP contribution is 2.09.